The van der Waals surface area contributed by atoms with Crippen molar-refractivity contribution in [2.75, 3.05) is 13.2 Å². The Morgan fingerprint density at radius 3 is 1.75 bits per heavy atom. The second kappa shape index (κ2) is 15.9. The summed E-state index contributed by atoms with van der Waals surface area (Å²) in [6.07, 6.45) is 14.4. The van der Waals surface area contributed by atoms with Gasteiger partial charge in [-0.3, -0.25) is 9.59 Å². The number of carbonyl (C=O) groups is 2. The third kappa shape index (κ3) is 17.3. The first-order chi connectivity index (χ1) is 13.2. The summed E-state index contributed by atoms with van der Waals surface area (Å²) in [4.78, 5) is 21.9. The Labute approximate surface area is 171 Å². The maximum absolute atomic E-state index is 11.1. The van der Waals surface area contributed by atoms with Crippen molar-refractivity contribution < 1.29 is 19.1 Å². The van der Waals surface area contributed by atoms with Gasteiger partial charge in [-0.1, -0.05) is 34.9 Å². The van der Waals surface area contributed by atoms with Gasteiger partial charge < -0.3 is 9.47 Å². The molecule has 0 saturated carbocycles. The molecule has 0 fully saturated rings. The summed E-state index contributed by atoms with van der Waals surface area (Å²) in [6, 6.07) is 0. The molecule has 0 atom stereocenters. The molecule has 0 saturated heterocycles. The number of hydrogen-bond acceptors (Lipinski definition) is 4. The van der Waals surface area contributed by atoms with Crippen LogP contribution in [0.4, 0.5) is 0 Å². The molecule has 4 nitrogen and oxygen atoms in total. The smallest absolute Gasteiger partial charge is 0.302 e. The van der Waals surface area contributed by atoms with E-state index in [1.54, 1.807) is 0 Å². The van der Waals surface area contributed by atoms with E-state index in [9.17, 15) is 9.59 Å². The van der Waals surface area contributed by atoms with Crippen LogP contribution in [0.15, 0.2) is 46.6 Å². The van der Waals surface area contributed by atoms with E-state index in [0.29, 0.717) is 13.2 Å². The highest BCUT2D eigenvalue weighted by Crippen LogP contribution is 2.14. The molecule has 4 heteroatoms. The minimum Gasteiger partial charge on any atom is -0.462 e. The van der Waals surface area contributed by atoms with Crippen molar-refractivity contribution >= 4 is 11.9 Å². The Morgan fingerprint density at radius 2 is 1.18 bits per heavy atom. The minimum atomic E-state index is -0.267. The van der Waals surface area contributed by atoms with Crippen LogP contribution in [0, 0.1) is 0 Å². The summed E-state index contributed by atoms with van der Waals surface area (Å²) in [7, 11) is 0. The number of rotatable bonds is 13. The van der Waals surface area contributed by atoms with Gasteiger partial charge in [-0.25, -0.2) is 0 Å². The molecule has 28 heavy (non-hydrogen) atoms. The lowest BCUT2D eigenvalue weighted by molar-refractivity contribution is -0.140. The van der Waals surface area contributed by atoms with Gasteiger partial charge in [-0.2, -0.15) is 0 Å². The fraction of sp³-hybridized carbons (Fsp3) is 0.583. The van der Waals surface area contributed by atoms with Crippen molar-refractivity contribution in [1.82, 2.24) is 0 Å². The predicted octanol–water partition coefficient (Wildman–Crippen LogP) is 6.24. The molecule has 0 bridgehead atoms. The molecule has 0 spiro atoms. The SMILES string of the molecule is CC(=O)OCC=C(C)CCC=C(CCC=C(C)CCC=C(C)C)COC(C)=O. The molecule has 0 N–H and O–H groups in total. The molecule has 0 rings (SSSR count). The first-order valence-corrected chi connectivity index (χ1v) is 10.1. The topological polar surface area (TPSA) is 52.6 Å². The van der Waals surface area contributed by atoms with Crippen LogP contribution >= 0.6 is 0 Å². The summed E-state index contributed by atoms with van der Waals surface area (Å²) in [5.41, 5.74) is 5.08. The van der Waals surface area contributed by atoms with Gasteiger partial charge in [-0.15, -0.1) is 0 Å². The molecule has 0 aliphatic heterocycles. The van der Waals surface area contributed by atoms with E-state index >= 15 is 0 Å². The van der Waals surface area contributed by atoms with Crippen molar-refractivity contribution in [2.24, 2.45) is 0 Å². The van der Waals surface area contributed by atoms with Crippen LogP contribution < -0.4 is 0 Å². The molecule has 0 aromatic carbocycles. The van der Waals surface area contributed by atoms with Crippen LogP contribution in [0.3, 0.4) is 0 Å². The standard InChI is InChI=1S/C24H38O4/c1-19(2)10-7-11-20(3)12-8-14-24(18-28-23(6)26)15-9-13-21(4)16-17-27-22(5)25/h10,12,15-16H,7-9,11,13-14,17-18H2,1-6H3. The summed E-state index contributed by atoms with van der Waals surface area (Å²) in [6.45, 7) is 12.0. The largest absolute Gasteiger partial charge is 0.462 e. The third-order valence-corrected chi connectivity index (χ3v) is 4.20. The quantitative estimate of drug-likeness (QED) is 0.276. The average Bonchev–Trinajstić information content (AvgIpc) is 2.58. The lowest BCUT2D eigenvalue weighted by Gasteiger charge is -2.08. The Kier molecular flexibility index (Phi) is 14.7. The van der Waals surface area contributed by atoms with Crippen molar-refractivity contribution in [2.45, 2.75) is 80.1 Å². The average molecular weight is 391 g/mol. The predicted molar refractivity (Wildman–Crippen MR) is 116 cm³/mol. The van der Waals surface area contributed by atoms with Gasteiger partial charge in [0.15, 0.2) is 0 Å². The zero-order chi connectivity index (χ0) is 21.4. The lowest BCUT2D eigenvalue weighted by Crippen LogP contribution is -2.03. The molecule has 0 radical (unpaired) electrons. The molecule has 0 heterocycles. The van der Waals surface area contributed by atoms with E-state index < -0.39 is 0 Å². The van der Waals surface area contributed by atoms with Crippen molar-refractivity contribution in [3.8, 4) is 0 Å². The van der Waals surface area contributed by atoms with Crippen molar-refractivity contribution in [1.29, 1.82) is 0 Å². The minimum absolute atomic E-state index is 0.253. The Bertz CT molecular complexity index is 602. The van der Waals surface area contributed by atoms with E-state index in [0.717, 1.165) is 44.1 Å². The fourth-order valence-corrected chi connectivity index (χ4v) is 2.53. The first-order valence-electron chi connectivity index (χ1n) is 10.1. The van der Waals surface area contributed by atoms with E-state index in [2.05, 4.69) is 39.0 Å². The maximum Gasteiger partial charge on any atom is 0.302 e. The summed E-state index contributed by atoms with van der Waals surface area (Å²) in [5, 5.41) is 0. The zero-order valence-corrected chi connectivity index (χ0v) is 18.6. The van der Waals surface area contributed by atoms with Crippen LogP contribution in [0.5, 0.6) is 0 Å². The number of hydrogen-bond donors (Lipinski definition) is 0. The van der Waals surface area contributed by atoms with Crippen LogP contribution in [0.2, 0.25) is 0 Å². The van der Waals surface area contributed by atoms with Crippen LogP contribution in [-0.2, 0) is 19.1 Å². The van der Waals surface area contributed by atoms with E-state index in [1.165, 1.54) is 30.6 Å². The highest BCUT2D eigenvalue weighted by molar-refractivity contribution is 5.66. The highest BCUT2D eigenvalue weighted by atomic mass is 16.5. The van der Waals surface area contributed by atoms with Crippen molar-refractivity contribution in [3.05, 3.63) is 46.6 Å². The lowest BCUT2D eigenvalue weighted by atomic mass is 10.0. The third-order valence-electron chi connectivity index (χ3n) is 4.20. The number of carbonyl (C=O) groups excluding carboxylic acids is 2. The first kappa shape index (κ1) is 25.9. The number of allylic oxidation sites excluding steroid dienone is 6. The summed E-state index contributed by atoms with van der Waals surface area (Å²) >= 11 is 0. The maximum atomic E-state index is 11.1. The summed E-state index contributed by atoms with van der Waals surface area (Å²) < 4.78 is 10.1. The fourth-order valence-electron chi connectivity index (χ4n) is 2.53. The van der Waals surface area contributed by atoms with Gasteiger partial charge >= 0.3 is 11.9 Å². The summed E-state index contributed by atoms with van der Waals surface area (Å²) in [5.74, 6) is -0.520. The molecular formula is C24H38O4. The van der Waals surface area contributed by atoms with Gasteiger partial charge in [0, 0.05) is 13.8 Å². The van der Waals surface area contributed by atoms with Gasteiger partial charge in [-0.05, 0) is 77.9 Å². The molecule has 0 aromatic heterocycles. The molecule has 0 aliphatic rings. The Balaban J connectivity index is 4.55. The molecule has 158 valence electrons. The van der Waals surface area contributed by atoms with Gasteiger partial charge in [0.2, 0.25) is 0 Å². The second-order valence-electron chi connectivity index (χ2n) is 7.44. The molecule has 0 aromatic rings. The van der Waals surface area contributed by atoms with E-state index in [4.69, 9.17) is 9.47 Å². The normalized spacial score (nSPS) is 12.6. The molecular weight excluding hydrogens is 352 g/mol. The molecule has 0 unspecified atom stereocenters. The van der Waals surface area contributed by atoms with Crippen LogP contribution in [0.25, 0.3) is 0 Å². The monoisotopic (exact) mass is 390 g/mol. The van der Waals surface area contributed by atoms with Gasteiger partial charge in [0.05, 0.1) is 0 Å². The number of esters is 2. The Hall–Kier alpha value is -2.10. The van der Waals surface area contributed by atoms with Crippen LogP contribution in [0.1, 0.15) is 80.1 Å². The van der Waals surface area contributed by atoms with Gasteiger partial charge in [0.25, 0.3) is 0 Å². The zero-order valence-electron chi connectivity index (χ0n) is 18.6. The van der Waals surface area contributed by atoms with E-state index in [1.807, 2.05) is 13.0 Å². The highest BCUT2D eigenvalue weighted by Gasteiger charge is 2.01. The molecule has 0 amide bonds. The Morgan fingerprint density at radius 1 is 0.643 bits per heavy atom. The number of ether oxygens (including phenoxy) is 2. The van der Waals surface area contributed by atoms with Gasteiger partial charge in [0.1, 0.15) is 13.2 Å². The molecule has 0 aliphatic carbocycles. The van der Waals surface area contributed by atoms with Crippen molar-refractivity contribution in [3.63, 3.8) is 0 Å². The second-order valence-corrected chi connectivity index (χ2v) is 7.44. The van der Waals surface area contributed by atoms with E-state index in [-0.39, 0.29) is 11.9 Å². The van der Waals surface area contributed by atoms with Crippen LogP contribution in [-0.4, -0.2) is 25.2 Å².